The highest BCUT2D eigenvalue weighted by Crippen LogP contribution is 2.44. The molecule has 20 heavy (non-hydrogen) atoms. The summed E-state index contributed by atoms with van der Waals surface area (Å²) < 4.78 is 0. The van der Waals surface area contributed by atoms with Crippen molar-refractivity contribution >= 4 is 11.7 Å². The van der Waals surface area contributed by atoms with Gasteiger partial charge in [-0.1, -0.05) is 32.9 Å². The van der Waals surface area contributed by atoms with Crippen LogP contribution in [-0.2, 0) is 0 Å². The Bertz CT molecular complexity index is 484. The Morgan fingerprint density at radius 3 is 2.75 bits per heavy atom. The lowest BCUT2D eigenvalue weighted by Crippen LogP contribution is -2.32. The molecule has 2 atom stereocenters. The van der Waals surface area contributed by atoms with Crippen molar-refractivity contribution in [1.82, 2.24) is 10.6 Å². The second kappa shape index (κ2) is 5.83. The molecule has 0 bridgehead atoms. The molecule has 0 saturated heterocycles. The van der Waals surface area contributed by atoms with Crippen LogP contribution in [0.3, 0.4) is 0 Å². The molecule has 3 N–H and O–H groups in total. The van der Waals surface area contributed by atoms with Crippen LogP contribution < -0.4 is 16.0 Å². The van der Waals surface area contributed by atoms with Crippen molar-refractivity contribution in [2.45, 2.75) is 46.2 Å². The molecular formula is C16H25N3O. The summed E-state index contributed by atoms with van der Waals surface area (Å²) in [5.41, 5.74) is 2.26. The summed E-state index contributed by atoms with van der Waals surface area (Å²) in [7, 11) is 0. The lowest BCUT2D eigenvalue weighted by Gasteiger charge is -2.14. The van der Waals surface area contributed by atoms with E-state index in [1.807, 2.05) is 18.2 Å². The maximum atomic E-state index is 11.9. The molecule has 1 aliphatic rings. The summed E-state index contributed by atoms with van der Waals surface area (Å²) in [6, 6.07) is 8.44. The summed E-state index contributed by atoms with van der Waals surface area (Å²) in [6.07, 6.45) is 1.05. The molecule has 0 radical (unpaired) electrons. The van der Waals surface area contributed by atoms with Gasteiger partial charge in [-0.15, -0.1) is 0 Å². The molecule has 2 rings (SSSR count). The lowest BCUT2D eigenvalue weighted by atomic mass is 10.1. The van der Waals surface area contributed by atoms with Crippen LogP contribution >= 0.6 is 0 Å². The molecule has 2 amide bonds. The number of hydrogen-bond acceptors (Lipinski definition) is 2. The predicted molar refractivity (Wildman–Crippen MR) is 82.9 cm³/mol. The van der Waals surface area contributed by atoms with Gasteiger partial charge in [0.1, 0.15) is 0 Å². The number of benzene rings is 1. The van der Waals surface area contributed by atoms with Gasteiger partial charge in [-0.25, -0.2) is 4.79 Å². The number of anilines is 1. The van der Waals surface area contributed by atoms with Crippen molar-refractivity contribution in [1.29, 1.82) is 0 Å². The van der Waals surface area contributed by atoms with Crippen molar-refractivity contribution in [3.63, 3.8) is 0 Å². The zero-order valence-corrected chi connectivity index (χ0v) is 12.8. The lowest BCUT2D eigenvalue weighted by molar-refractivity contribution is 0.250. The first-order chi connectivity index (χ1) is 9.42. The first-order valence-electron chi connectivity index (χ1n) is 7.33. The molecule has 0 aromatic heterocycles. The van der Waals surface area contributed by atoms with E-state index in [1.54, 1.807) is 0 Å². The number of hydrogen-bond donors (Lipinski definition) is 3. The third-order valence-corrected chi connectivity index (χ3v) is 3.97. The minimum absolute atomic E-state index is 0.117. The fourth-order valence-corrected chi connectivity index (χ4v) is 2.35. The molecule has 1 aromatic rings. The highest BCUT2D eigenvalue weighted by Gasteiger charge is 2.46. The molecule has 110 valence electrons. The first kappa shape index (κ1) is 14.9. The van der Waals surface area contributed by atoms with Gasteiger partial charge < -0.3 is 16.0 Å². The second-order valence-electron chi connectivity index (χ2n) is 6.25. The third kappa shape index (κ3) is 3.73. The van der Waals surface area contributed by atoms with Crippen LogP contribution in [0.4, 0.5) is 10.5 Å². The van der Waals surface area contributed by atoms with Gasteiger partial charge in [0, 0.05) is 17.8 Å². The van der Waals surface area contributed by atoms with Crippen LogP contribution in [0.2, 0.25) is 0 Å². The monoisotopic (exact) mass is 275 g/mol. The van der Waals surface area contributed by atoms with Gasteiger partial charge in [0.2, 0.25) is 0 Å². The highest BCUT2D eigenvalue weighted by atomic mass is 16.2. The van der Waals surface area contributed by atoms with Gasteiger partial charge in [-0.2, -0.15) is 0 Å². The van der Waals surface area contributed by atoms with Crippen molar-refractivity contribution < 1.29 is 4.79 Å². The Morgan fingerprint density at radius 1 is 1.45 bits per heavy atom. The molecule has 1 saturated carbocycles. The van der Waals surface area contributed by atoms with Gasteiger partial charge in [-0.3, -0.25) is 0 Å². The summed E-state index contributed by atoms with van der Waals surface area (Å²) in [5, 5.41) is 9.28. The molecule has 4 heteroatoms. The number of carbonyl (C=O) groups is 1. The van der Waals surface area contributed by atoms with E-state index >= 15 is 0 Å². The van der Waals surface area contributed by atoms with Gasteiger partial charge in [-0.05, 0) is 43.0 Å². The van der Waals surface area contributed by atoms with Gasteiger partial charge in [0.25, 0.3) is 0 Å². The normalized spacial score (nSPS) is 21.1. The maximum absolute atomic E-state index is 11.9. The van der Waals surface area contributed by atoms with Crippen molar-refractivity contribution in [3.05, 3.63) is 29.8 Å². The largest absolute Gasteiger partial charge is 0.335 e. The summed E-state index contributed by atoms with van der Waals surface area (Å²) in [6.45, 7) is 9.46. The molecular weight excluding hydrogens is 250 g/mol. The smallest absolute Gasteiger partial charge is 0.319 e. The van der Waals surface area contributed by atoms with Crippen molar-refractivity contribution in [2.24, 2.45) is 5.41 Å². The van der Waals surface area contributed by atoms with E-state index < -0.39 is 0 Å². The SMILES string of the molecule is CCNC(C)c1cccc(NC(=O)NC2CC2(C)C)c1. The van der Waals surface area contributed by atoms with E-state index in [1.165, 1.54) is 5.56 Å². The van der Waals surface area contributed by atoms with Crippen LogP contribution in [-0.4, -0.2) is 18.6 Å². The predicted octanol–water partition coefficient (Wildman–Crippen LogP) is 3.28. The Hall–Kier alpha value is -1.55. The third-order valence-electron chi connectivity index (χ3n) is 3.97. The zero-order chi connectivity index (χ0) is 14.8. The topological polar surface area (TPSA) is 53.2 Å². The Kier molecular flexibility index (Phi) is 4.33. The fraction of sp³-hybridized carbons (Fsp3) is 0.562. The van der Waals surface area contributed by atoms with E-state index in [-0.39, 0.29) is 17.5 Å². The van der Waals surface area contributed by atoms with Crippen LogP contribution in [0.15, 0.2) is 24.3 Å². The number of rotatable bonds is 5. The maximum Gasteiger partial charge on any atom is 0.319 e. The standard InChI is InChI=1S/C16H25N3O/c1-5-17-11(2)12-7-6-8-13(9-12)18-15(20)19-14-10-16(14,3)4/h6-9,11,14,17H,5,10H2,1-4H3,(H2,18,19,20). The number of urea groups is 1. The van der Waals surface area contributed by atoms with Crippen molar-refractivity contribution in [3.8, 4) is 0 Å². The molecule has 1 aromatic carbocycles. The minimum Gasteiger partial charge on any atom is -0.335 e. The van der Waals surface area contributed by atoms with Crippen LogP contribution in [0, 0.1) is 5.41 Å². The highest BCUT2D eigenvalue weighted by molar-refractivity contribution is 5.89. The average molecular weight is 275 g/mol. The summed E-state index contributed by atoms with van der Waals surface area (Å²) >= 11 is 0. The second-order valence-corrected chi connectivity index (χ2v) is 6.25. The van der Waals surface area contributed by atoms with E-state index in [2.05, 4.69) is 49.7 Å². The molecule has 4 nitrogen and oxygen atoms in total. The number of amides is 2. The Morgan fingerprint density at radius 2 is 2.15 bits per heavy atom. The van der Waals surface area contributed by atoms with Gasteiger partial charge in [0.15, 0.2) is 0 Å². The van der Waals surface area contributed by atoms with E-state index in [9.17, 15) is 4.79 Å². The number of nitrogens with one attached hydrogen (secondary N) is 3. The molecule has 0 spiro atoms. The summed E-state index contributed by atoms with van der Waals surface area (Å²) in [4.78, 5) is 11.9. The molecule has 2 unspecified atom stereocenters. The minimum atomic E-state index is -0.117. The van der Waals surface area contributed by atoms with Crippen LogP contribution in [0.5, 0.6) is 0 Å². The summed E-state index contributed by atoms with van der Waals surface area (Å²) in [5.74, 6) is 0. The Balaban J connectivity index is 1.92. The molecule has 1 aliphatic carbocycles. The molecule has 0 aliphatic heterocycles. The van der Waals surface area contributed by atoms with Gasteiger partial charge >= 0.3 is 6.03 Å². The molecule has 1 fully saturated rings. The van der Waals surface area contributed by atoms with E-state index in [0.717, 1.165) is 18.7 Å². The van der Waals surface area contributed by atoms with Crippen LogP contribution in [0.25, 0.3) is 0 Å². The van der Waals surface area contributed by atoms with Crippen LogP contribution in [0.1, 0.15) is 45.7 Å². The average Bonchev–Trinajstić information content (AvgIpc) is 2.96. The fourth-order valence-electron chi connectivity index (χ4n) is 2.35. The molecule has 0 heterocycles. The van der Waals surface area contributed by atoms with E-state index in [0.29, 0.717) is 6.04 Å². The zero-order valence-electron chi connectivity index (χ0n) is 12.8. The quantitative estimate of drug-likeness (QED) is 0.772. The first-order valence-corrected chi connectivity index (χ1v) is 7.33. The Labute approximate surface area is 121 Å². The van der Waals surface area contributed by atoms with E-state index in [4.69, 9.17) is 0 Å². The van der Waals surface area contributed by atoms with Crippen molar-refractivity contribution in [2.75, 3.05) is 11.9 Å². The number of carbonyl (C=O) groups excluding carboxylic acids is 1. The van der Waals surface area contributed by atoms with Gasteiger partial charge in [0.05, 0.1) is 0 Å².